The van der Waals surface area contributed by atoms with Crippen LogP contribution in [-0.2, 0) is 17.6 Å². The molecule has 1 aromatic carbocycles. The van der Waals surface area contributed by atoms with Crippen LogP contribution in [0.15, 0.2) is 34.9 Å². The summed E-state index contributed by atoms with van der Waals surface area (Å²) in [6, 6.07) is 11.3. The van der Waals surface area contributed by atoms with E-state index in [1.165, 1.54) is 24.0 Å². The van der Waals surface area contributed by atoms with Gasteiger partial charge in [0.2, 0.25) is 0 Å². The minimum atomic E-state index is -0.0268. The number of hydrogen-bond donors (Lipinski definition) is 0. The molecule has 1 amide bonds. The van der Waals surface area contributed by atoms with E-state index in [1.807, 2.05) is 11.8 Å². The molecule has 31 heavy (non-hydrogen) atoms. The molecule has 3 heterocycles. The monoisotopic (exact) mass is 423 g/mol. The van der Waals surface area contributed by atoms with Crippen LogP contribution in [-0.4, -0.2) is 65.8 Å². The van der Waals surface area contributed by atoms with Crippen molar-refractivity contribution >= 4 is 5.91 Å². The van der Waals surface area contributed by atoms with Crippen LogP contribution in [0.2, 0.25) is 0 Å². The normalized spacial score (nSPS) is 22.7. The minimum Gasteiger partial charge on any atom is -0.376 e. The number of rotatable bonds is 6. The lowest BCUT2D eigenvalue weighted by atomic mass is 9.94. The SMILES string of the molecule is Cc1cc(C(=O)N(CC2CCN(C3Cc4ccccc4C3)CC2)CC2CCCO2)no1. The molecule has 6 nitrogen and oxygen atoms in total. The van der Waals surface area contributed by atoms with Crippen LogP contribution < -0.4 is 0 Å². The maximum atomic E-state index is 13.2. The van der Waals surface area contributed by atoms with E-state index < -0.39 is 0 Å². The molecule has 2 fully saturated rings. The van der Waals surface area contributed by atoms with Gasteiger partial charge in [-0.2, -0.15) is 0 Å². The zero-order chi connectivity index (χ0) is 21.2. The largest absolute Gasteiger partial charge is 0.376 e. The van der Waals surface area contributed by atoms with Crippen LogP contribution in [0, 0.1) is 12.8 Å². The molecule has 0 bridgehead atoms. The maximum absolute atomic E-state index is 13.2. The first kappa shape index (κ1) is 20.7. The van der Waals surface area contributed by atoms with Crippen LogP contribution in [0.5, 0.6) is 0 Å². The van der Waals surface area contributed by atoms with Gasteiger partial charge in [0.15, 0.2) is 5.69 Å². The average Bonchev–Trinajstić information content (AvgIpc) is 3.54. The molecule has 1 aliphatic carbocycles. The Kier molecular flexibility index (Phi) is 6.10. The van der Waals surface area contributed by atoms with Gasteiger partial charge in [0.05, 0.1) is 6.10 Å². The van der Waals surface area contributed by atoms with Crippen molar-refractivity contribution in [2.75, 3.05) is 32.8 Å². The molecule has 1 unspecified atom stereocenters. The van der Waals surface area contributed by atoms with Crippen LogP contribution >= 0.6 is 0 Å². The van der Waals surface area contributed by atoms with Crippen molar-refractivity contribution in [2.24, 2.45) is 5.92 Å². The third-order valence-corrected chi connectivity index (χ3v) is 7.26. The highest BCUT2D eigenvalue weighted by Crippen LogP contribution is 2.29. The number of aromatic nitrogens is 1. The van der Waals surface area contributed by atoms with E-state index in [2.05, 4.69) is 34.3 Å². The maximum Gasteiger partial charge on any atom is 0.276 e. The molecule has 1 aromatic heterocycles. The predicted molar refractivity (Wildman–Crippen MR) is 118 cm³/mol. The second-order valence-electron chi connectivity index (χ2n) is 9.48. The van der Waals surface area contributed by atoms with Crippen LogP contribution in [0.4, 0.5) is 0 Å². The van der Waals surface area contributed by atoms with E-state index in [9.17, 15) is 4.79 Å². The lowest BCUT2D eigenvalue weighted by Gasteiger charge is -2.38. The summed E-state index contributed by atoms with van der Waals surface area (Å²) >= 11 is 0. The van der Waals surface area contributed by atoms with Crippen molar-refractivity contribution < 1.29 is 14.1 Å². The van der Waals surface area contributed by atoms with Gasteiger partial charge in [-0.05, 0) is 75.6 Å². The third kappa shape index (κ3) is 4.70. The predicted octanol–water partition coefficient (Wildman–Crippen LogP) is 3.48. The number of benzene rings is 1. The molecule has 1 atom stereocenters. The Labute approximate surface area is 184 Å². The van der Waals surface area contributed by atoms with Crippen molar-refractivity contribution in [3.05, 3.63) is 52.9 Å². The molecule has 0 saturated carbocycles. The van der Waals surface area contributed by atoms with Gasteiger partial charge >= 0.3 is 0 Å². The fourth-order valence-electron chi connectivity index (χ4n) is 5.51. The first-order chi connectivity index (χ1) is 15.2. The quantitative estimate of drug-likeness (QED) is 0.712. The topological polar surface area (TPSA) is 58.8 Å². The van der Waals surface area contributed by atoms with E-state index >= 15 is 0 Å². The lowest BCUT2D eigenvalue weighted by molar-refractivity contribution is 0.0423. The van der Waals surface area contributed by atoms with Crippen molar-refractivity contribution in [2.45, 2.75) is 57.6 Å². The Morgan fingerprint density at radius 1 is 1.13 bits per heavy atom. The van der Waals surface area contributed by atoms with E-state index in [4.69, 9.17) is 9.26 Å². The summed E-state index contributed by atoms with van der Waals surface area (Å²) in [7, 11) is 0. The highest BCUT2D eigenvalue weighted by molar-refractivity contribution is 5.92. The highest BCUT2D eigenvalue weighted by atomic mass is 16.5. The standard InChI is InChI=1S/C25H33N3O3/c1-18-13-24(26-31-18)25(29)28(17-23-7-4-12-30-23)16-19-8-10-27(11-9-19)22-14-20-5-2-3-6-21(20)15-22/h2-3,5-6,13,19,22-23H,4,7-12,14-17H2,1H3. The van der Waals surface area contributed by atoms with Gasteiger partial charge in [0, 0.05) is 31.8 Å². The summed E-state index contributed by atoms with van der Waals surface area (Å²) < 4.78 is 11.0. The van der Waals surface area contributed by atoms with Crippen LogP contribution in [0.3, 0.4) is 0 Å². The fourth-order valence-corrected chi connectivity index (χ4v) is 5.51. The zero-order valence-electron chi connectivity index (χ0n) is 18.5. The van der Waals surface area contributed by atoms with E-state index in [0.717, 1.165) is 51.9 Å². The van der Waals surface area contributed by atoms with Gasteiger partial charge in [-0.3, -0.25) is 9.69 Å². The second kappa shape index (κ2) is 9.13. The lowest BCUT2D eigenvalue weighted by Crippen LogP contribution is -2.46. The molecule has 2 saturated heterocycles. The molecule has 166 valence electrons. The average molecular weight is 424 g/mol. The Bertz CT molecular complexity index is 872. The Hall–Kier alpha value is -2.18. The molecule has 2 aliphatic heterocycles. The first-order valence-electron chi connectivity index (χ1n) is 11.8. The smallest absolute Gasteiger partial charge is 0.276 e. The molecule has 0 N–H and O–H groups in total. The molecular weight excluding hydrogens is 390 g/mol. The molecule has 5 rings (SSSR count). The Morgan fingerprint density at radius 3 is 2.48 bits per heavy atom. The van der Waals surface area contributed by atoms with E-state index in [-0.39, 0.29) is 12.0 Å². The molecule has 0 spiro atoms. The number of nitrogens with zero attached hydrogens (tertiary/aromatic N) is 3. The summed E-state index contributed by atoms with van der Waals surface area (Å²) in [5.41, 5.74) is 3.45. The Morgan fingerprint density at radius 2 is 1.87 bits per heavy atom. The van der Waals surface area contributed by atoms with Crippen LogP contribution in [0.1, 0.15) is 53.1 Å². The van der Waals surface area contributed by atoms with Crippen LogP contribution in [0.25, 0.3) is 0 Å². The molecule has 0 radical (unpaired) electrons. The highest BCUT2D eigenvalue weighted by Gasteiger charge is 2.32. The van der Waals surface area contributed by atoms with Crippen molar-refractivity contribution in [3.63, 3.8) is 0 Å². The molecule has 2 aromatic rings. The van der Waals surface area contributed by atoms with Crippen molar-refractivity contribution in [3.8, 4) is 0 Å². The minimum absolute atomic E-state index is 0.0268. The summed E-state index contributed by atoms with van der Waals surface area (Å²) in [4.78, 5) is 17.8. The molecule has 3 aliphatic rings. The number of likely N-dealkylation sites (tertiary alicyclic amines) is 1. The van der Waals surface area contributed by atoms with E-state index in [0.29, 0.717) is 30.0 Å². The Balaban J connectivity index is 1.18. The number of carbonyl (C=O) groups excluding carboxylic acids is 1. The van der Waals surface area contributed by atoms with Gasteiger partial charge in [-0.25, -0.2) is 0 Å². The van der Waals surface area contributed by atoms with Gasteiger partial charge < -0.3 is 14.2 Å². The number of fused-ring (bicyclic) bond motifs is 1. The van der Waals surface area contributed by atoms with Crippen molar-refractivity contribution in [1.82, 2.24) is 15.0 Å². The number of ether oxygens (including phenoxy) is 1. The third-order valence-electron chi connectivity index (χ3n) is 7.26. The molecular formula is C25H33N3O3. The van der Waals surface area contributed by atoms with Gasteiger partial charge in [-0.15, -0.1) is 0 Å². The molecule has 6 heteroatoms. The summed E-state index contributed by atoms with van der Waals surface area (Å²) in [5, 5.41) is 3.97. The van der Waals surface area contributed by atoms with E-state index in [1.54, 1.807) is 6.07 Å². The second-order valence-corrected chi connectivity index (χ2v) is 9.48. The van der Waals surface area contributed by atoms with Gasteiger partial charge in [0.25, 0.3) is 5.91 Å². The zero-order valence-corrected chi connectivity index (χ0v) is 18.5. The van der Waals surface area contributed by atoms with Crippen molar-refractivity contribution in [1.29, 1.82) is 0 Å². The number of carbonyl (C=O) groups is 1. The summed E-state index contributed by atoms with van der Waals surface area (Å²) in [5.74, 6) is 1.17. The number of piperidine rings is 1. The number of aryl methyl sites for hydroxylation is 1. The van der Waals surface area contributed by atoms with Gasteiger partial charge in [-0.1, -0.05) is 29.4 Å². The fraction of sp³-hybridized carbons (Fsp3) is 0.600. The van der Waals surface area contributed by atoms with Gasteiger partial charge in [0.1, 0.15) is 5.76 Å². The number of amides is 1. The summed E-state index contributed by atoms with van der Waals surface area (Å²) in [6.07, 6.45) is 6.89. The summed E-state index contributed by atoms with van der Waals surface area (Å²) in [6.45, 7) is 6.30. The first-order valence-corrected chi connectivity index (χ1v) is 11.8. The number of hydrogen-bond acceptors (Lipinski definition) is 5.